The molecular formula is C22H33N5O2. The van der Waals surface area contributed by atoms with Gasteiger partial charge in [0, 0.05) is 51.0 Å². The molecule has 0 radical (unpaired) electrons. The number of rotatable bonds is 5. The van der Waals surface area contributed by atoms with E-state index < -0.39 is 6.04 Å². The van der Waals surface area contributed by atoms with E-state index in [1.807, 2.05) is 36.8 Å². The van der Waals surface area contributed by atoms with Crippen LogP contribution in [0.5, 0.6) is 0 Å². The van der Waals surface area contributed by atoms with Crippen LogP contribution in [0.3, 0.4) is 0 Å². The number of nitrogens with two attached hydrogens (primary N) is 1. The Labute approximate surface area is 173 Å². The molecule has 1 aromatic rings. The van der Waals surface area contributed by atoms with E-state index in [1.54, 1.807) is 0 Å². The molecule has 0 saturated carbocycles. The van der Waals surface area contributed by atoms with Crippen molar-refractivity contribution in [1.29, 1.82) is 0 Å². The van der Waals surface area contributed by atoms with Gasteiger partial charge >= 0.3 is 0 Å². The van der Waals surface area contributed by atoms with Crippen molar-refractivity contribution in [2.45, 2.75) is 53.0 Å². The fraction of sp³-hybridized carbons (Fsp3) is 0.591. The molecule has 158 valence electrons. The first kappa shape index (κ1) is 21.3. The number of carbonyl (C=O) groups excluding carboxylic acids is 2. The van der Waals surface area contributed by atoms with Crippen molar-refractivity contribution >= 4 is 17.6 Å². The molecule has 2 aliphatic heterocycles. The van der Waals surface area contributed by atoms with Gasteiger partial charge in [-0.1, -0.05) is 11.6 Å². The summed E-state index contributed by atoms with van der Waals surface area (Å²) in [6.45, 7) is 11.6. The molecule has 0 bridgehead atoms. The van der Waals surface area contributed by atoms with E-state index in [2.05, 4.69) is 22.9 Å². The molecule has 7 nitrogen and oxygen atoms in total. The second-order valence-electron chi connectivity index (χ2n) is 8.29. The lowest BCUT2D eigenvalue weighted by Gasteiger charge is -2.37. The predicted octanol–water partition coefficient (Wildman–Crippen LogP) is 1.98. The zero-order valence-electron chi connectivity index (χ0n) is 18.1. The van der Waals surface area contributed by atoms with Crippen LogP contribution < -0.4 is 10.6 Å². The fourth-order valence-electron chi connectivity index (χ4n) is 4.21. The Balaban J connectivity index is 1.56. The minimum atomic E-state index is -0.576. The van der Waals surface area contributed by atoms with Crippen LogP contribution in [0.4, 0.5) is 5.82 Å². The van der Waals surface area contributed by atoms with Crippen molar-refractivity contribution < 1.29 is 9.59 Å². The Morgan fingerprint density at radius 1 is 1.17 bits per heavy atom. The summed E-state index contributed by atoms with van der Waals surface area (Å²) in [4.78, 5) is 35.3. The Hall–Kier alpha value is -2.41. The highest BCUT2D eigenvalue weighted by molar-refractivity contribution is 5.82. The quantitative estimate of drug-likeness (QED) is 0.819. The zero-order chi connectivity index (χ0) is 21.1. The molecule has 2 aliphatic rings. The van der Waals surface area contributed by atoms with Crippen LogP contribution in [0, 0.1) is 13.8 Å². The summed E-state index contributed by atoms with van der Waals surface area (Å²) in [5.41, 5.74) is 10.5. The smallest absolute Gasteiger partial charge is 0.239 e. The van der Waals surface area contributed by atoms with Gasteiger partial charge in [0.25, 0.3) is 0 Å². The SMILES string of the molecule is C/C(C[C@H](N)C(=O)N1CCN(c2ncc(C)cc2C)CC1)=C(/C)N1CCCC1=O. The summed E-state index contributed by atoms with van der Waals surface area (Å²) in [6, 6.07) is 1.56. The van der Waals surface area contributed by atoms with E-state index in [-0.39, 0.29) is 11.8 Å². The zero-order valence-corrected chi connectivity index (χ0v) is 18.1. The summed E-state index contributed by atoms with van der Waals surface area (Å²) in [5.74, 6) is 1.15. The van der Waals surface area contributed by atoms with E-state index in [0.29, 0.717) is 25.9 Å². The van der Waals surface area contributed by atoms with Crippen molar-refractivity contribution in [3.8, 4) is 0 Å². The van der Waals surface area contributed by atoms with Crippen LogP contribution in [-0.2, 0) is 9.59 Å². The van der Waals surface area contributed by atoms with Gasteiger partial charge in [-0.3, -0.25) is 9.59 Å². The number of aromatic nitrogens is 1. The molecular weight excluding hydrogens is 366 g/mol. The molecule has 2 N–H and O–H groups in total. The number of amides is 2. The highest BCUT2D eigenvalue weighted by Crippen LogP contribution is 2.22. The van der Waals surface area contributed by atoms with Crippen LogP contribution in [0.2, 0.25) is 0 Å². The lowest BCUT2D eigenvalue weighted by Crippen LogP contribution is -2.53. The number of likely N-dealkylation sites (tertiary alicyclic amines) is 1. The molecule has 29 heavy (non-hydrogen) atoms. The number of nitrogens with zero attached hydrogens (tertiary/aromatic N) is 4. The Morgan fingerprint density at radius 2 is 1.86 bits per heavy atom. The third-order valence-corrected chi connectivity index (χ3v) is 6.02. The molecule has 2 saturated heterocycles. The van der Waals surface area contributed by atoms with Gasteiger partial charge in [0.05, 0.1) is 6.04 Å². The molecule has 3 heterocycles. The van der Waals surface area contributed by atoms with Gasteiger partial charge in [-0.15, -0.1) is 0 Å². The molecule has 0 unspecified atom stereocenters. The van der Waals surface area contributed by atoms with Gasteiger partial charge < -0.3 is 20.4 Å². The second kappa shape index (κ2) is 8.95. The van der Waals surface area contributed by atoms with E-state index in [9.17, 15) is 9.59 Å². The molecule has 7 heteroatoms. The van der Waals surface area contributed by atoms with Gasteiger partial charge in [-0.05, 0) is 51.7 Å². The second-order valence-corrected chi connectivity index (χ2v) is 8.29. The lowest BCUT2D eigenvalue weighted by atomic mass is 10.0. The number of aryl methyl sites for hydroxylation is 2. The van der Waals surface area contributed by atoms with Crippen molar-refractivity contribution in [2.75, 3.05) is 37.6 Å². The maximum atomic E-state index is 12.9. The average Bonchev–Trinajstić information content (AvgIpc) is 3.12. The average molecular weight is 400 g/mol. The molecule has 0 aromatic carbocycles. The number of hydrogen-bond acceptors (Lipinski definition) is 5. The number of piperazine rings is 1. The largest absolute Gasteiger partial charge is 0.353 e. The van der Waals surface area contributed by atoms with Crippen molar-refractivity contribution in [2.24, 2.45) is 5.73 Å². The van der Waals surface area contributed by atoms with Crippen LogP contribution in [0.1, 0.15) is 44.2 Å². The topological polar surface area (TPSA) is 82.8 Å². The van der Waals surface area contributed by atoms with Crippen LogP contribution in [-0.4, -0.2) is 65.4 Å². The van der Waals surface area contributed by atoms with Gasteiger partial charge in [-0.25, -0.2) is 4.98 Å². The number of carbonyl (C=O) groups is 2. The first-order valence-electron chi connectivity index (χ1n) is 10.5. The Bertz CT molecular complexity index is 811. The van der Waals surface area contributed by atoms with Crippen molar-refractivity contribution in [3.05, 3.63) is 34.7 Å². The molecule has 0 aliphatic carbocycles. The van der Waals surface area contributed by atoms with Crippen molar-refractivity contribution in [1.82, 2.24) is 14.8 Å². The molecule has 2 amide bonds. The van der Waals surface area contributed by atoms with E-state index in [0.717, 1.165) is 54.3 Å². The van der Waals surface area contributed by atoms with Gasteiger partial charge in [0.2, 0.25) is 11.8 Å². The lowest BCUT2D eigenvalue weighted by molar-refractivity contribution is -0.132. The number of pyridine rings is 1. The van der Waals surface area contributed by atoms with Crippen molar-refractivity contribution in [3.63, 3.8) is 0 Å². The molecule has 1 atom stereocenters. The number of anilines is 1. The van der Waals surface area contributed by atoms with Gasteiger partial charge in [-0.2, -0.15) is 0 Å². The predicted molar refractivity (Wildman–Crippen MR) is 114 cm³/mol. The third kappa shape index (κ3) is 4.78. The maximum absolute atomic E-state index is 12.9. The molecule has 2 fully saturated rings. The summed E-state index contributed by atoms with van der Waals surface area (Å²) in [7, 11) is 0. The van der Waals surface area contributed by atoms with E-state index in [1.165, 1.54) is 0 Å². The number of allylic oxidation sites excluding steroid dienone is 1. The highest BCUT2D eigenvalue weighted by atomic mass is 16.2. The summed E-state index contributed by atoms with van der Waals surface area (Å²) >= 11 is 0. The van der Waals surface area contributed by atoms with Gasteiger partial charge in [0.1, 0.15) is 5.82 Å². The normalized spacial score (nSPS) is 19.5. The molecule has 3 rings (SSSR count). The first-order chi connectivity index (χ1) is 13.8. The van der Waals surface area contributed by atoms with E-state index in [4.69, 9.17) is 5.73 Å². The standard InChI is InChI=1S/C22H33N5O2/c1-15-12-17(3)21(24-14-15)25-8-10-26(11-9-25)22(29)19(23)13-16(2)18(4)27-7-5-6-20(27)28/h12,14,19H,5-11,13,23H2,1-4H3/b18-16+/t19-/m0/s1. The third-order valence-electron chi connectivity index (χ3n) is 6.02. The summed E-state index contributed by atoms with van der Waals surface area (Å²) in [5, 5.41) is 0. The van der Waals surface area contributed by atoms with Crippen LogP contribution in [0.15, 0.2) is 23.5 Å². The maximum Gasteiger partial charge on any atom is 0.239 e. The Kier molecular flexibility index (Phi) is 6.57. The molecule has 1 aromatic heterocycles. The van der Waals surface area contributed by atoms with Crippen LogP contribution >= 0.6 is 0 Å². The monoisotopic (exact) mass is 399 g/mol. The summed E-state index contributed by atoms with van der Waals surface area (Å²) < 4.78 is 0. The fourth-order valence-corrected chi connectivity index (χ4v) is 4.21. The van der Waals surface area contributed by atoms with Crippen LogP contribution in [0.25, 0.3) is 0 Å². The molecule has 0 spiro atoms. The van der Waals surface area contributed by atoms with E-state index >= 15 is 0 Å². The summed E-state index contributed by atoms with van der Waals surface area (Å²) in [6.07, 6.45) is 3.87. The number of hydrogen-bond donors (Lipinski definition) is 1. The Morgan fingerprint density at radius 3 is 2.45 bits per heavy atom. The first-order valence-corrected chi connectivity index (χ1v) is 10.5. The highest BCUT2D eigenvalue weighted by Gasteiger charge is 2.28. The van der Waals surface area contributed by atoms with Gasteiger partial charge in [0.15, 0.2) is 0 Å². The minimum Gasteiger partial charge on any atom is -0.353 e. The minimum absolute atomic E-state index is 0.0156.